The SMILES string of the molecule is CC(C)N1CCOc2c(F)cc(-c3nc(CC4CCC(NS(C)(=O)=O)CC4)ncc3F)cc21. The number of hydrogen-bond acceptors (Lipinski definition) is 6. The molecule has 1 aliphatic heterocycles. The molecule has 2 aromatic rings. The van der Waals surface area contributed by atoms with Crippen molar-refractivity contribution in [2.45, 2.75) is 58.0 Å². The highest BCUT2D eigenvalue weighted by Crippen LogP contribution is 2.39. The van der Waals surface area contributed by atoms with Crippen LogP contribution in [0, 0.1) is 17.6 Å². The van der Waals surface area contributed by atoms with Crippen molar-refractivity contribution in [3.63, 3.8) is 0 Å². The number of aromatic nitrogens is 2. The van der Waals surface area contributed by atoms with Gasteiger partial charge in [0.1, 0.15) is 18.1 Å². The van der Waals surface area contributed by atoms with Crippen molar-refractivity contribution >= 4 is 15.7 Å². The van der Waals surface area contributed by atoms with Crippen molar-refractivity contribution in [2.24, 2.45) is 5.92 Å². The highest BCUT2D eigenvalue weighted by atomic mass is 32.2. The number of ether oxygens (including phenoxy) is 1. The third kappa shape index (κ3) is 5.60. The van der Waals surface area contributed by atoms with E-state index in [9.17, 15) is 17.2 Å². The van der Waals surface area contributed by atoms with Gasteiger partial charge in [0.2, 0.25) is 10.0 Å². The van der Waals surface area contributed by atoms with Gasteiger partial charge in [0.15, 0.2) is 17.4 Å². The number of rotatable bonds is 6. The Hall–Kier alpha value is -2.33. The van der Waals surface area contributed by atoms with E-state index in [2.05, 4.69) is 14.7 Å². The van der Waals surface area contributed by atoms with E-state index in [1.165, 1.54) is 12.3 Å². The van der Waals surface area contributed by atoms with E-state index in [0.717, 1.165) is 31.9 Å². The van der Waals surface area contributed by atoms with Gasteiger partial charge in [-0.1, -0.05) is 0 Å². The van der Waals surface area contributed by atoms with Crippen molar-refractivity contribution in [2.75, 3.05) is 24.3 Å². The molecule has 0 spiro atoms. The minimum absolute atomic E-state index is 0.0504. The highest BCUT2D eigenvalue weighted by Gasteiger charge is 2.27. The molecule has 2 aliphatic rings. The number of fused-ring (bicyclic) bond motifs is 1. The maximum absolute atomic E-state index is 14.8. The Morgan fingerprint density at radius 1 is 1.18 bits per heavy atom. The van der Waals surface area contributed by atoms with Crippen molar-refractivity contribution < 1.29 is 21.9 Å². The van der Waals surface area contributed by atoms with Gasteiger partial charge in [-0.3, -0.25) is 0 Å². The molecule has 180 valence electrons. The summed E-state index contributed by atoms with van der Waals surface area (Å²) in [5, 5.41) is 0. The van der Waals surface area contributed by atoms with Gasteiger partial charge in [0, 0.05) is 24.1 Å². The van der Waals surface area contributed by atoms with E-state index in [4.69, 9.17) is 4.74 Å². The van der Waals surface area contributed by atoms with Crippen LogP contribution in [-0.4, -0.2) is 49.9 Å². The molecule has 33 heavy (non-hydrogen) atoms. The maximum atomic E-state index is 14.8. The summed E-state index contributed by atoms with van der Waals surface area (Å²) in [6.07, 6.45) is 6.02. The summed E-state index contributed by atoms with van der Waals surface area (Å²) in [7, 11) is -3.22. The third-order valence-electron chi connectivity index (χ3n) is 6.30. The Morgan fingerprint density at radius 2 is 1.91 bits per heavy atom. The lowest BCUT2D eigenvalue weighted by Gasteiger charge is -2.34. The molecular formula is C23H30F2N4O3S. The molecule has 1 aromatic heterocycles. The Kier molecular flexibility index (Phi) is 6.86. The fraction of sp³-hybridized carbons (Fsp3) is 0.565. The number of hydrogen-bond donors (Lipinski definition) is 1. The predicted octanol–water partition coefficient (Wildman–Crippen LogP) is 3.68. The van der Waals surface area contributed by atoms with Crippen LogP contribution >= 0.6 is 0 Å². The maximum Gasteiger partial charge on any atom is 0.208 e. The molecule has 1 aliphatic carbocycles. The van der Waals surface area contributed by atoms with Crippen LogP contribution in [0.4, 0.5) is 14.5 Å². The van der Waals surface area contributed by atoms with Crippen molar-refractivity contribution in [3.05, 3.63) is 35.8 Å². The monoisotopic (exact) mass is 480 g/mol. The van der Waals surface area contributed by atoms with Gasteiger partial charge in [-0.05, 0) is 57.6 Å². The first-order valence-electron chi connectivity index (χ1n) is 11.3. The van der Waals surface area contributed by atoms with Crippen LogP contribution in [0.2, 0.25) is 0 Å². The van der Waals surface area contributed by atoms with Crippen LogP contribution in [0.15, 0.2) is 18.3 Å². The zero-order chi connectivity index (χ0) is 23.8. The minimum Gasteiger partial charge on any atom is -0.486 e. The number of halogens is 2. The second-order valence-electron chi connectivity index (χ2n) is 9.24. The smallest absolute Gasteiger partial charge is 0.208 e. The molecule has 1 fully saturated rings. The fourth-order valence-electron chi connectivity index (χ4n) is 4.72. The molecule has 1 aromatic carbocycles. The van der Waals surface area contributed by atoms with Gasteiger partial charge >= 0.3 is 0 Å². The zero-order valence-corrected chi connectivity index (χ0v) is 20.0. The van der Waals surface area contributed by atoms with E-state index < -0.39 is 21.7 Å². The first-order chi connectivity index (χ1) is 15.6. The van der Waals surface area contributed by atoms with Crippen molar-refractivity contribution in [3.8, 4) is 17.0 Å². The number of nitrogens with one attached hydrogen (secondary N) is 1. The molecule has 7 nitrogen and oxygen atoms in total. The predicted molar refractivity (Wildman–Crippen MR) is 123 cm³/mol. The molecule has 1 saturated carbocycles. The van der Waals surface area contributed by atoms with Crippen LogP contribution < -0.4 is 14.4 Å². The Labute approximate surface area is 193 Å². The van der Waals surface area contributed by atoms with Crippen LogP contribution in [0.3, 0.4) is 0 Å². The summed E-state index contributed by atoms with van der Waals surface area (Å²) in [5.74, 6) is -0.170. The average molecular weight is 481 g/mol. The van der Waals surface area contributed by atoms with E-state index >= 15 is 0 Å². The van der Waals surface area contributed by atoms with Gasteiger partial charge < -0.3 is 9.64 Å². The zero-order valence-electron chi connectivity index (χ0n) is 19.1. The van der Waals surface area contributed by atoms with Crippen LogP contribution in [0.5, 0.6) is 5.75 Å². The standard InChI is InChI=1S/C23H30F2N4O3S/c1-14(2)29-8-9-32-23-18(24)11-16(12-20(23)29)22-19(25)13-26-21(27-22)10-15-4-6-17(7-5-15)28-33(3,30)31/h11-15,17,28H,4-10H2,1-3H3. The molecule has 10 heteroatoms. The first kappa shape index (κ1) is 23.8. The molecule has 0 radical (unpaired) electrons. The summed E-state index contributed by atoms with van der Waals surface area (Å²) in [5.41, 5.74) is 1.02. The van der Waals surface area contributed by atoms with Crippen LogP contribution in [0.1, 0.15) is 45.4 Å². The fourth-order valence-corrected chi connectivity index (χ4v) is 5.57. The summed E-state index contributed by atoms with van der Waals surface area (Å²) in [6, 6.07) is 3.08. The number of nitrogens with zero attached hydrogens (tertiary/aromatic N) is 3. The molecule has 2 heterocycles. The topological polar surface area (TPSA) is 84.4 Å². The molecule has 0 unspecified atom stereocenters. The first-order valence-corrected chi connectivity index (χ1v) is 13.2. The van der Waals surface area contributed by atoms with Crippen molar-refractivity contribution in [1.29, 1.82) is 0 Å². The van der Waals surface area contributed by atoms with Crippen molar-refractivity contribution in [1.82, 2.24) is 14.7 Å². The summed E-state index contributed by atoms with van der Waals surface area (Å²) < 4.78 is 60.6. The lowest BCUT2D eigenvalue weighted by molar-refractivity contribution is 0.287. The molecule has 0 atom stereocenters. The average Bonchev–Trinajstić information content (AvgIpc) is 2.75. The van der Waals surface area contributed by atoms with Crippen LogP contribution in [0.25, 0.3) is 11.3 Å². The highest BCUT2D eigenvalue weighted by molar-refractivity contribution is 7.88. The second-order valence-corrected chi connectivity index (χ2v) is 11.0. The Balaban J connectivity index is 1.54. The van der Waals surface area contributed by atoms with E-state index in [1.807, 2.05) is 18.7 Å². The molecule has 0 saturated heterocycles. The normalized spacial score (nSPS) is 21.1. The van der Waals surface area contributed by atoms with E-state index in [-0.39, 0.29) is 29.4 Å². The summed E-state index contributed by atoms with van der Waals surface area (Å²) in [6.45, 7) is 5.06. The van der Waals surface area contributed by atoms with E-state index in [1.54, 1.807) is 6.07 Å². The number of anilines is 1. The summed E-state index contributed by atoms with van der Waals surface area (Å²) >= 11 is 0. The summed E-state index contributed by atoms with van der Waals surface area (Å²) in [4.78, 5) is 10.7. The molecule has 0 bridgehead atoms. The Bertz CT molecular complexity index is 1120. The lowest BCUT2D eigenvalue weighted by Crippen LogP contribution is -2.38. The minimum atomic E-state index is -3.22. The lowest BCUT2D eigenvalue weighted by atomic mass is 9.84. The quantitative estimate of drug-likeness (QED) is 0.679. The Morgan fingerprint density at radius 3 is 2.58 bits per heavy atom. The van der Waals surface area contributed by atoms with Gasteiger partial charge in [0.25, 0.3) is 0 Å². The third-order valence-corrected chi connectivity index (χ3v) is 7.06. The van der Waals surface area contributed by atoms with Gasteiger partial charge in [-0.2, -0.15) is 0 Å². The number of sulfonamides is 1. The van der Waals surface area contributed by atoms with E-state index in [0.29, 0.717) is 36.6 Å². The molecule has 4 rings (SSSR count). The number of benzene rings is 1. The largest absolute Gasteiger partial charge is 0.486 e. The molecule has 0 amide bonds. The van der Waals surface area contributed by atoms with Gasteiger partial charge in [-0.15, -0.1) is 0 Å². The van der Waals surface area contributed by atoms with Gasteiger partial charge in [0.05, 0.1) is 24.7 Å². The van der Waals surface area contributed by atoms with Gasteiger partial charge in [-0.25, -0.2) is 31.9 Å². The second kappa shape index (κ2) is 9.50. The molecular weight excluding hydrogens is 450 g/mol. The van der Waals surface area contributed by atoms with Crippen LogP contribution in [-0.2, 0) is 16.4 Å². The molecule has 1 N–H and O–H groups in total.